The summed E-state index contributed by atoms with van der Waals surface area (Å²) in [4.78, 5) is 26.3. The number of nitriles is 1. The van der Waals surface area contributed by atoms with Crippen LogP contribution in [0.4, 0.5) is 0 Å². The van der Waals surface area contributed by atoms with E-state index in [-0.39, 0.29) is 39.3 Å². The molecule has 4 saturated carbocycles. The van der Waals surface area contributed by atoms with E-state index in [2.05, 4.69) is 59.0 Å². The first-order valence-electron chi connectivity index (χ1n) is 15.3. The second kappa shape index (κ2) is 8.81. The van der Waals surface area contributed by atoms with Gasteiger partial charge in [0.05, 0.1) is 5.57 Å². The van der Waals surface area contributed by atoms with E-state index in [1.54, 1.807) is 0 Å². The lowest BCUT2D eigenvalue weighted by Crippen LogP contribution is -2.63. The third-order valence-electron chi connectivity index (χ3n) is 12.9. The lowest BCUT2D eigenvalue weighted by atomic mass is 9.35. The summed E-state index contributed by atoms with van der Waals surface area (Å²) in [7, 11) is 0. The smallest absolute Gasteiger partial charge is 0.220 e. The molecule has 4 nitrogen and oxygen atoms in total. The number of nitrogens with zero attached hydrogens (tertiary/aromatic N) is 1. The number of allylic oxidation sites excluding steroid dienone is 3. The minimum absolute atomic E-state index is 0.0239. The SMILES string of the molecule is C=C1CC2C3(C)C=C(C#N)C(=O)C(C)(C)C3CCC2(C)C2CCC3(CC(=O)NCC)CCC(C)(C)CC3C12. The van der Waals surface area contributed by atoms with Gasteiger partial charge in [-0.2, -0.15) is 5.26 Å². The number of hydrogen-bond donors (Lipinski definition) is 1. The minimum Gasteiger partial charge on any atom is -0.356 e. The Morgan fingerprint density at radius 1 is 1.05 bits per heavy atom. The van der Waals surface area contributed by atoms with Gasteiger partial charge in [0, 0.05) is 18.4 Å². The summed E-state index contributed by atoms with van der Waals surface area (Å²) in [5.41, 5.74) is 1.55. The minimum atomic E-state index is -0.518. The quantitative estimate of drug-likeness (QED) is 0.396. The van der Waals surface area contributed by atoms with Crippen LogP contribution in [-0.4, -0.2) is 18.2 Å². The van der Waals surface area contributed by atoms with Gasteiger partial charge in [-0.25, -0.2) is 0 Å². The van der Waals surface area contributed by atoms with Crippen molar-refractivity contribution in [1.29, 1.82) is 5.26 Å². The first-order valence-corrected chi connectivity index (χ1v) is 15.3. The van der Waals surface area contributed by atoms with Crippen LogP contribution in [0, 0.1) is 68.0 Å². The van der Waals surface area contributed by atoms with Crippen molar-refractivity contribution in [3.8, 4) is 6.07 Å². The van der Waals surface area contributed by atoms with Gasteiger partial charge in [0.1, 0.15) is 6.07 Å². The predicted molar refractivity (Wildman–Crippen MR) is 152 cm³/mol. The molecule has 0 aliphatic heterocycles. The van der Waals surface area contributed by atoms with E-state index in [9.17, 15) is 14.9 Å². The van der Waals surface area contributed by atoms with Crippen LogP contribution in [0.2, 0.25) is 0 Å². The maximum absolute atomic E-state index is 13.3. The number of nitrogens with one attached hydrogen (secondary N) is 1. The topological polar surface area (TPSA) is 70.0 Å². The molecule has 0 radical (unpaired) electrons. The maximum Gasteiger partial charge on any atom is 0.220 e. The van der Waals surface area contributed by atoms with Gasteiger partial charge in [-0.15, -0.1) is 0 Å². The molecular weight excluding hydrogens is 468 g/mol. The highest BCUT2D eigenvalue weighted by atomic mass is 16.1. The number of Topliss-reactive ketones (excluding diaryl/α,β-unsaturated/α-hetero) is 1. The molecule has 0 aromatic heterocycles. The molecule has 1 N–H and O–H groups in total. The Morgan fingerprint density at radius 2 is 1.76 bits per heavy atom. The number of carbonyl (C=O) groups excluding carboxylic acids is 2. The van der Waals surface area contributed by atoms with E-state index in [0.29, 0.717) is 42.2 Å². The van der Waals surface area contributed by atoms with Gasteiger partial charge in [-0.3, -0.25) is 9.59 Å². The molecule has 0 aromatic rings. The van der Waals surface area contributed by atoms with Crippen molar-refractivity contribution in [2.75, 3.05) is 6.54 Å². The van der Waals surface area contributed by atoms with Crippen molar-refractivity contribution < 1.29 is 9.59 Å². The molecule has 4 fully saturated rings. The average Bonchev–Trinajstić information content (AvgIpc) is 2.83. The molecule has 4 heteroatoms. The highest BCUT2D eigenvalue weighted by Gasteiger charge is 2.67. The molecule has 8 unspecified atom stereocenters. The molecule has 208 valence electrons. The fraction of sp³-hybridized carbons (Fsp3) is 0.794. The summed E-state index contributed by atoms with van der Waals surface area (Å²) in [5, 5.41) is 13.0. The molecular formula is C34H50N2O2. The van der Waals surface area contributed by atoms with Crippen molar-refractivity contribution in [3.63, 3.8) is 0 Å². The van der Waals surface area contributed by atoms with Crippen molar-refractivity contribution >= 4 is 11.7 Å². The lowest BCUT2D eigenvalue weighted by Gasteiger charge is -2.69. The first-order chi connectivity index (χ1) is 17.6. The van der Waals surface area contributed by atoms with Crippen LogP contribution in [0.1, 0.15) is 106 Å². The second-order valence-corrected chi connectivity index (χ2v) is 15.7. The maximum atomic E-state index is 13.3. The molecule has 5 rings (SSSR count). The Kier molecular flexibility index (Phi) is 6.41. The van der Waals surface area contributed by atoms with Crippen LogP contribution >= 0.6 is 0 Å². The number of rotatable bonds is 3. The fourth-order valence-electron chi connectivity index (χ4n) is 11.1. The van der Waals surface area contributed by atoms with Gasteiger partial charge in [-0.1, -0.05) is 59.8 Å². The van der Waals surface area contributed by atoms with Crippen molar-refractivity contribution in [2.24, 2.45) is 56.7 Å². The molecule has 1 amide bonds. The van der Waals surface area contributed by atoms with E-state index >= 15 is 0 Å². The monoisotopic (exact) mass is 518 g/mol. The summed E-state index contributed by atoms with van der Waals surface area (Å²) in [6.07, 6.45) is 11.7. The number of fused-ring (bicyclic) bond motifs is 7. The van der Waals surface area contributed by atoms with Crippen molar-refractivity contribution in [1.82, 2.24) is 5.32 Å². The zero-order valence-corrected chi connectivity index (χ0v) is 25.0. The van der Waals surface area contributed by atoms with Crippen LogP contribution in [0.5, 0.6) is 0 Å². The van der Waals surface area contributed by atoms with Crippen molar-refractivity contribution in [2.45, 2.75) is 106 Å². The lowest BCUT2D eigenvalue weighted by molar-refractivity contribution is -0.174. The van der Waals surface area contributed by atoms with Crippen molar-refractivity contribution in [3.05, 3.63) is 23.8 Å². The van der Waals surface area contributed by atoms with Crippen LogP contribution in [0.15, 0.2) is 23.8 Å². The van der Waals surface area contributed by atoms with Gasteiger partial charge >= 0.3 is 0 Å². The highest BCUT2D eigenvalue weighted by molar-refractivity contribution is 6.04. The zero-order valence-electron chi connectivity index (χ0n) is 25.0. The molecule has 0 aromatic carbocycles. The molecule has 8 atom stereocenters. The Labute approximate surface area is 231 Å². The van der Waals surface area contributed by atoms with E-state index in [1.807, 2.05) is 6.92 Å². The Hall–Kier alpha value is -1.89. The van der Waals surface area contributed by atoms with Gasteiger partial charge < -0.3 is 5.32 Å². The normalized spacial score (nSPS) is 44.9. The molecule has 5 aliphatic carbocycles. The molecule has 0 spiro atoms. The molecule has 38 heavy (non-hydrogen) atoms. The van der Waals surface area contributed by atoms with Crippen LogP contribution in [0.3, 0.4) is 0 Å². The molecule has 0 saturated heterocycles. The van der Waals surface area contributed by atoms with Gasteiger partial charge in [0.15, 0.2) is 5.78 Å². The third kappa shape index (κ3) is 3.81. The molecule has 0 heterocycles. The predicted octanol–water partition coefficient (Wildman–Crippen LogP) is 7.41. The third-order valence-corrected chi connectivity index (χ3v) is 12.9. The van der Waals surface area contributed by atoms with Gasteiger partial charge in [0.2, 0.25) is 5.91 Å². The van der Waals surface area contributed by atoms with E-state index in [1.165, 1.54) is 18.4 Å². The average molecular weight is 519 g/mol. The number of carbonyl (C=O) groups is 2. The van der Waals surface area contributed by atoms with Gasteiger partial charge in [-0.05, 0) is 110 Å². The summed E-state index contributed by atoms with van der Waals surface area (Å²) in [6, 6.07) is 2.27. The Balaban J connectivity index is 1.56. The van der Waals surface area contributed by atoms with E-state index in [4.69, 9.17) is 6.58 Å². The van der Waals surface area contributed by atoms with E-state index in [0.717, 1.165) is 38.5 Å². The standard InChI is InChI=1S/C34H50N2O2/c1-9-36-27(37)19-34-13-10-23-28(24(34)18-30(3,4)14-15-34)21(2)16-26-32(23,7)12-11-25-31(5,6)29(38)22(20-35)17-33(25,26)8/h17,23-26,28H,2,9-16,18-19H2,1,3-8H3,(H,36,37). The fourth-order valence-corrected chi connectivity index (χ4v) is 11.1. The molecule has 0 bridgehead atoms. The van der Waals surface area contributed by atoms with Crippen LogP contribution in [-0.2, 0) is 9.59 Å². The largest absolute Gasteiger partial charge is 0.356 e. The second-order valence-electron chi connectivity index (χ2n) is 15.7. The Bertz CT molecular complexity index is 1120. The summed E-state index contributed by atoms with van der Waals surface area (Å²) in [6.45, 7) is 21.4. The first kappa shape index (κ1) is 27.7. The number of ketones is 1. The summed E-state index contributed by atoms with van der Waals surface area (Å²) in [5.74, 6) is 2.37. The van der Waals surface area contributed by atoms with E-state index < -0.39 is 5.41 Å². The summed E-state index contributed by atoms with van der Waals surface area (Å²) >= 11 is 0. The highest BCUT2D eigenvalue weighted by Crippen LogP contribution is 2.73. The zero-order chi connectivity index (χ0) is 27.9. The number of hydrogen-bond acceptors (Lipinski definition) is 3. The number of amides is 1. The summed E-state index contributed by atoms with van der Waals surface area (Å²) < 4.78 is 0. The molecule has 5 aliphatic rings. The van der Waals surface area contributed by atoms with Crippen LogP contribution in [0.25, 0.3) is 0 Å². The van der Waals surface area contributed by atoms with Crippen LogP contribution < -0.4 is 5.32 Å². The Morgan fingerprint density at radius 3 is 2.42 bits per heavy atom. The van der Waals surface area contributed by atoms with Gasteiger partial charge in [0.25, 0.3) is 0 Å².